The molecule has 1 fully saturated rings. The molecule has 1 saturated heterocycles. The molecule has 0 aromatic rings. The van der Waals surface area contributed by atoms with Crippen molar-refractivity contribution in [3.63, 3.8) is 0 Å². The minimum absolute atomic E-state index is 0.156. The Morgan fingerprint density at radius 2 is 2.21 bits per heavy atom. The Bertz CT molecular complexity index is 230. The van der Waals surface area contributed by atoms with Gasteiger partial charge in [0.15, 0.2) is 6.30 Å². The number of halogens is 1. The van der Waals surface area contributed by atoms with E-state index < -0.39 is 6.30 Å². The number of piperazine rings is 1. The van der Waals surface area contributed by atoms with Gasteiger partial charge in [0, 0.05) is 19.1 Å². The summed E-state index contributed by atoms with van der Waals surface area (Å²) < 4.78 is 13.5. The molecule has 4 heteroatoms. The van der Waals surface area contributed by atoms with E-state index in [0.29, 0.717) is 13.1 Å². The van der Waals surface area contributed by atoms with E-state index in [1.165, 1.54) is 11.0 Å². The van der Waals surface area contributed by atoms with Gasteiger partial charge in [0.05, 0.1) is 6.54 Å². The zero-order chi connectivity index (χ0) is 10.7. The van der Waals surface area contributed by atoms with Crippen LogP contribution in [0.5, 0.6) is 0 Å². The van der Waals surface area contributed by atoms with E-state index >= 15 is 0 Å². The Hall–Kier alpha value is -0.900. The summed E-state index contributed by atoms with van der Waals surface area (Å²) in [6, 6.07) is 0.186. The predicted molar refractivity (Wildman–Crippen MR) is 53.5 cm³/mol. The lowest BCUT2D eigenvalue weighted by Crippen LogP contribution is -2.54. The Morgan fingerprint density at radius 1 is 1.57 bits per heavy atom. The Morgan fingerprint density at radius 3 is 2.64 bits per heavy atom. The molecular formula is C10H17FN2O. The van der Waals surface area contributed by atoms with Crippen molar-refractivity contribution in [2.75, 3.05) is 19.6 Å². The molecule has 0 aromatic heterocycles. The smallest absolute Gasteiger partial charge is 0.246 e. The number of hydrogen-bond donors (Lipinski definition) is 0. The summed E-state index contributed by atoms with van der Waals surface area (Å²) in [7, 11) is 0. The highest BCUT2D eigenvalue weighted by Gasteiger charge is 2.29. The van der Waals surface area contributed by atoms with Crippen molar-refractivity contribution < 1.29 is 9.18 Å². The average molecular weight is 200 g/mol. The average Bonchev–Trinajstić information content (AvgIpc) is 2.15. The first-order valence-corrected chi connectivity index (χ1v) is 4.87. The SMILES string of the molecule is C=CC(=O)N1CCN(C(C)C)C(F)C1. The van der Waals surface area contributed by atoms with E-state index in [0.717, 1.165) is 0 Å². The molecule has 0 aromatic carbocycles. The number of alkyl halides is 1. The van der Waals surface area contributed by atoms with E-state index in [1.54, 1.807) is 4.90 Å². The maximum atomic E-state index is 13.5. The molecular weight excluding hydrogens is 183 g/mol. The van der Waals surface area contributed by atoms with Gasteiger partial charge in [-0.15, -0.1) is 0 Å². The Balaban J connectivity index is 2.54. The van der Waals surface area contributed by atoms with E-state index in [1.807, 2.05) is 13.8 Å². The first-order chi connectivity index (χ1) is 6.56. The molecule has 80 valence electrons. The molecule has 1 atom stereocenters. The third-order valence-electron chi connectivity index (χ3n) is 2.51. The molecule has 14 heavy (non-hydrogen) atoms. The van der Waals surface area contributed by atoms with Crippen LogP contribution in [0.1, 0.15) is 13.8 Å². The van der Waals surface area contributed by atoms with E-state index in [4.69, 9.17) is 0 Å². The summed E-state index contributed by atoms with van der Waals surface area (Å²) in [6.07, 6.45) is 0.185. The highest BCUT2D eigenvalue weighted by molar-refractivity contribution is 5.87. The molecule has 0 radical (unpaired) electrons. The number of nitrogens with zero attached hydrogens (tertiary/aromatic N) is 2. The minimum Gasteiger partial charge on any atom is -0.334 e. The number of carbonyl (C=O) groups excluding carboxylic acids is 1. The summed E-state index contributed by atoms with van der Waals surface area (Å²) >= 11 is 0. The fourth-order valence-corrected chi connectivity index (χ4v) is 1.67. The van der Waals surface area contributed by atoms with Crippen LogP contribution in [0.3, 0.4) is 0 Å². The van der Waals surface area contributed by atoms with E-state index in [9.17, 15) is 9.18 Å². The lowest BCUT2D eigenvalue weighted by molar-refractivity contribution is -0.132. The molecule has 1 aliphatic rings. The zero-order valence-corrected chi connectivity index (χ0v) is 8.74. The van der Waals surface area contributed by atoms with Crippen LogP contribution in [0.2, 0.25) is 0 Å². The van der Waals surface area contributed by atoms with Crippen LogP contribution in [0.15, 0.2) is 12.7 Å². The van der Waals surface area contributed by atoms with Gasteiger partial charge in [-0.2, -0.15) is 0 Å². The largest absolute Gasteiger partial charge is 0.334 e. The number of hydrogen-bond acceptors (Lipinski definition) is 2. The fourth-order valence-electron chi connectivity index (χ4n) is 1.67. The van der Waals surface area contributed by atoms with Gasteiger partial charge in [-0.05, 0) is 19.9 Å². The summed E-state index contributed by atoms with van der Waals surface area (Å²) in [5, 5.41) is 0. The predicted octanol–water partition coefficient (Wildman–Crippen LogP) is 1.02. The van der Waals surface area contributed by atoms with Crippen LogP contribution < -0.4 is 0 Å². The lowest BCUT2D eigenvalue weighted by atomic mass is 10.2. The molecule has 0 bridgehead atoms. The Labute approximate surface area is 84.2 Å². The van der Waals surface area contributed by atoms with Crippen LogP contribution in [-0.4, -0.2) is 47.7 Å². The van der Waals surface area contributed by atoms with Crippen molar-refractivity contribution in [3.05, 3.63) is 12.7 Å². The molecule has 0 N–H and O–H groups in total. The summed E-state index contributed by atoms with van der Waals surface area (Å²) in [4.78, 5) is 14.5. The summed E-state index contributed by atoms with van der Waals surface area (Å²) in [6.45, 7) is 8.64. The maximum absolute atomic E-state index is 13.5. The monoisotopic (exact) mass is 200 g/mol. The summed E-state index contributed by atoms with van der Waals surface area (Å²) in [5.41, 5.74) is 0. The molecule has 1 unspecified atom stereocenters. The third kappa shape index (κ3) is 2.32. The van der Waals surface area contributed by atoms with Gasteiger partial charge < -0.3 is 4.90 Å². The first kappa shape index (κ1) is 11.2. The zero-order valence-electron chi connectivity index (χ0n) is 8.74. The molecule has 3 nitrogen and oxygen atoms in total. The second-order valence-corrected chi connectivity index (χ2v) is 3.75. The highest BCUT2D eigenvalue weighted by atomic mass is 19.1. The van der Waals surface area contributed by atoms with E-state index in [-0.39, 0.29) is 18.5 Å². The van der Waals surface area contributed by atoms with Crippen molar-refractivity contribution >= 4 is 5.91 Å². The van der Waals surface area contributed by atoms with Crippen LogP contribution in [0, 0.1) is 0 Å². The van der Waals surface area contributed by atoms with Gasteiger partial charge in [0.2, 0.25) is 5.91 Å². The summed E-state index contributed by atoms with van der Waals surface area (Å²) in [5.74, 6) is -0.184. The van der Waals surface area contributed by atoms with Gasteiger partial charge in [-0.3, -0.25) is 9.69 Å². The first-order valence-electron chi connectivity index (χ1n) is 4.87. The van der Waals surface area contributed by atoms with Crippen LogP contribution in [0.4, 0.5) is 4.39 Å². The van der Waals surface area contributed by atoms with Gasteiger partial charge >= 0.3 is 0 Å². The fraction of sp³-hybridized carbons (Fsp3) is 0.700. The molecule has 0 saturated carbocycles. The standard InChI is InChI=1S/C10H17FN2O/c1-4-10(14)12-5-6-13(8(2)3)9(11)7-12/h4,8-9H,1,5-7H2,2-3H3. The second-order valence-electron chi connectivity index (χ2n) is 3.75. The van der Waals surface area contributed by atoms with E-state index in [2.05, 4.69) is 6.58 Å². The van der Waals surface area contributed by atoms with Crippen LogP contribution >= 0.6 is 0 Å². The highest BCUT2D eigenvalue weighted by Crippen LogP contribution is 2.14. The van der Waals surface area contributed by atoms with Crippen molar-refractivity contribution in [1.29, 1.82) is 0 Å². The van der Waals surface area contributed by atoms with Crippen LogP contribution in [-0.2, 0) is 4.79 Å². The van der Waals surface area contributed by atoms with Gasteiger partial charge in [0.1, 0.15) is 0 Å². The number of carbonyl (C=O) groups is 1. The third-order valence-corrected chi connectivity index (χ3v) is 2.51. The van der Waals surface area contributed by atoms with Gasteiger partial charge in [-0.25, -0.2) is 4.39 Å². The van der Waals surface area contributed by atoms with Crippen molar-refractivity contribution in [3.8, 4) is 0 Å². The molecule has 0 aliphatic carbocycles. The maximum Gasteiger partial charge on any atom is 0.246 e. The molecule has 1 rings (SSSR count). The molecule has 1 aliphatic heterocycles. The molecule has 1 heterocycles. The second kappa shape index (κ2) is 4.55. The minimum atomic E-state index is -1.05. The van der Waals surface area contributed by atoms with Crippen molar-refractivity contribution in [2.24, 2.45) is 0 Å². The van der Waals surface area contributed by atoms with Gasteiger partial charge in [0.25, 0.3) is 0 Å². The normalized spacial score (nSPS) is 24.0. The molecule has 0 spiro atoms. The van der Waals surface area contributed by atoms with Gasteiger partial charge in [-0.1, -0.05) is 6.58 Å². The van der Waals surface area contributed by atoms with Crippen molar-refractivity contribution in [2.45, 2.75) is 26.2 Å². The Kier molecular flexibility index (Phi) is 3.63. The quantitative estimate of drug-likeness (QED) is 0.491. The number of amides is 1. The topological polar surface area (TPSA) is 23.6 Å². The molecule has 1 amide bonds. The van der Waals surface area contributed by atoms with Crippen molar-refractivity contribution in [1.82, 2.24) is 9.80 Å². The lowest BCUT2D eigenvalue weighted by Gasteiger charge is -2.39. The van der Waals surface area contributed by atoms with Crippen LogP contribution in [0.25, 0.3) is 0 Å². The number of rotatable bonds is 2.